The number of aromatic nitrogens is 3. The Labute approximate surface area is 180 Å². The predicted octanol–water partition coefficient (Wildman–Crippen LogP) is 2.33. The number of carbonyl (C=O) groups excluding carboxylic acids is 1. The topological polar surface area (TPSA) is 94.4 Å². The number of nitrogens with zero attached hydrogens (tertiary/aromatic N) is 4. The van der Waals surface area contributed by atoms with Crippen LogP contribution in [0.1, 0.15) is 32.1 Å². The van der Waals surface area contributed by atoms with Gasteiger partial charge in [-0.2, -0.15) is 0 Å². The molecule has 0 unspecified atom stereocenters. The van der Waals surface area contributed by atoms with Crippen molar-refractivity contribution in [1.29, 1.82) is 0 Å². The van der Waals surface area contributed by atoms with E-state index in [0.717, 1.165) is 37.1 Å². The number of ether oxygens (including phenoxy) is 1. The molecule has 1 atom stereocenters. The van der Waals surface area contributed by atoms with Gasteiger partial charge in [-0.15, -0.1) is 10.2 Å². The zero-order valence-corrected chi connectivity index (χ0v) is 18.6. The van der Waals surface area contributed by atoms with Crippen LogP contribution in [-0.2, 0) is 14.6 Å². The molecule has 162 valence electrons. The second kappa shape index (κ2) is 8.97. The van der Waals surface area contributed by atoms with Crippen LogP contribution in [-0.4, -0.2) is 70.4 Å². The minimum absolute atomic E-state index is 0.0193. The lowest BCUT2D eigenvalue weighted by Crippen LogP contribution is -2.47. The zero-order chi connectivity index (χ0) is 21.1. The van der Waals surface area contributed by atoms with Crippen LogP contribution in [0.25, 0.3) is 5.69 Å². The number of sulfone groups is 1. The number of rotatable bonds is 7. The van der Waals surface area contributed by atoms with E-state index in [-0.39, 0.29) is 35.2 Å². The third-order valence-corrected chi connectivity index (χ3v) is 8.46. The maximum atomic E-state index is 13.2. The van der Waals surface area contributed by atoms with Gasteiger partial charge in [0.25, 0.3) is 0 Å². The molecule has 0 spiro atoms. The zero-order valence-electron chi connectivity index (χ0n) is 16.9. The van der Waals surface area contributed by atoms with Crippen molar-refractivity contribution in [2.24, 2.45) is 0 Å². The minimum atomic E-state index is -3.05. The second-order valence-electron chi connectivity index (χ2n) is 7.77. The van der Waals surface area contributed by atoms with E-state index in [4.69, 9.17) is 4.74 Å². The molecule has 1 aliphatic carbocycles. The summed E-state index contributed by atoms with van der Waals surface area (Å²) in [6.07, 6.45) is 6.23. The van der Waals surface area contributed by atoms with Crippen molar-refractivity contribution in [2.45, 2.75) is 49.3 Å². The Bertz CT molecular complexity index is 1000. The molecule has 0 bridgehead atoms. The van der Waals surface area contributed by atoms with Gasteiger partial charge in [0.15, 0.2) is 15.0 Å². The van der Waals surface area contributed by atoms with Crippen LogP contribution in [0.2, 0.25) is 0 Å². The van der Waals surface area contributed by atoms with E-state index in [1.54, 1.807) is 13.4 Å². The Morgan fingerprint density at radius 2 is 2.07 bits per heavy atom. The van der Waals surface area contributed by atoms with E-state index in [2.05, 4.69) is 10.2 Å². The smallest absolute Gasteiger partial charge is 0.233 e. The van der Waals surface area contributed by atoms with Gasteiger partial charge < -0.3 is 9.64 Å². The normalized spacial score (nSPS) is 21.0. The summed E-state index contributed by atoms with van der Waals surface area (Å²) in [5, 5.41) is 8.78. The van der Waals surface area contributed by atoms with Crippen LogP contribution in [0.15, 0.2) is 35.7 Å². The second-order valence-corrected chi connectivity index (χ2v) is 10.9. The first kappa shape index (κ1) is 21.2. The molecule has 30 heavy (non-hydrogen) atoms. The van der Waals surface area contributed by atoms with Gasteiger partial charge in [0.2, 0.25) is 5.91 Å². The molecular formula is C20H26N4O4S2. The summed E-state index contributed by atoms with van der Waals surface area (Å²) in [5.41, 5.74) is 0.851. The summed E-state index contributed by atoms with van der Waals surface area (Å²) in [6, 6.07) is 7.49. The van der Waals surface area contributed by atoms with Gasteiger partial charge in [-0.1, -0.05) is 30.7 Å². The van der Waals surface area contributed by atoms with Crippen molar-refractivity contribution >= 4 is 27.5 Å². The molecule has 1 amide bonds. The quantitative estimate of drug-likeness (QED) is 0.598. The Morgan fingerprint density at radius 3 is 2.77 bits per heavy atom. The molecule has 2 heterocycles. The van der Waals surface area contributed by atoms with Crippen molar-refractivity contribution in [3.05, 3.63) is 30.6 Å². The van der Waals surface area contributed by atoms with Crippen molar-refractivity contribution < 1.29 is 17.9 Å². The molecule has 10 heteroatoms. The van der Waals surface area contributed by atoms with E-state index in [1.807, 2.05) is 33.7 Å². The lowest BCUT2D eigenvalue weighted by molar-refractivity contribution is -0.132. The van der Waals surface area contributed by atoms with Crippen LogP contribution in [0.5, 0.6) is 5.75 Å². The van der Waals surface area contributed by atoms with E-state index in [1.165, 1.54) is 11.8 Å². The summed E-state index contributed by atoms with van der Waals surface area (Å²) >= 11 is 1.32. The molecule has 0 radical (unpaired) electrons. The number of thioether (sulfide) groups is 1. The van der Waals surface area contributed by atoms with Gasteiger partial charge in [-0.05, 0) is 31.4 Å². The Balaban J connectivity index is 1.48. The molecule has 2 aliphatic rings. The number of amides is 1. The number of hydrogen-bond donors (Lipinski definition) is 0. The average molecular weight is 451 g/mol. The fourth-order valence-electron chi connectivity index (χ4n) is 4.34. The highest BCUT2D eigenvalue weighted by atomic mass is 32.2. The van der Waals surface area contributed by atoms with Crippen LogP contribution in [0.4, 0.5) is 0 Å². The van der Waals surface area contributed by atoms with Gasteiger partial charge >= 0.3 is 0 Å². The molecule has 2 aromatic rings. The SMILES string of the molecule is COc1cccc(-n2cnnc2SCC(=O)N(C2CCCC2)[C@@H]2CCS(=O)(=O)C2)c1. The highest BCUT2D eigenvalue weighted by Gasteiger charge is 2.38. The standard InChI is InChI=1S/C20H26N4O4S2/c1-28-18-8-4-7-16(11-18)23-14-21-22-20(23)29-12-19(25)24(15-5-2-3-6-15)17-9-10-30(26,27)13-17/h4,7-8,11,14-15,17H,2-3,5-6,9-10,12-13H2,1H3/t17-/m1/s1. The highest BCUT2D eigenvalue weighted by Crippen LogP contribution is 2.30. The minimum Gasteiger partial charge on any atom is -0.497 e. The molecule has 0 N–H and O–H groups in total. The van der Waals surface area contributed by atoms with Crippen LogP contribution < -0.4 is 4.74 Å². The monoisotopic (exact) mass is 450 g/mol. The van der Waals surface area contributed by atoms with Gasteiger partial charge in [0.1, 0.15) is 12.1 Å². The predicted molar refractivity (Wildman–Crippen MR) is 115 cm³/mol. The van der Waals surface area contributed by atoms with Gasteiger partial charge in [-0.3, -0.25) is 9.36 Å². The van der Waals surface area contributed by atoms with Gasteiger partial charge in [0, 0.05) is 18.2 Å². The third-order valence-electron chi connectivity index (χ3n) is 5.78. The van der Waals surface area contributed by atoms with E-state index in [0.29, 0.717) is 11.6 Å². The number of methoxy groups -OCH3 is 1. The first-order valence-corrected chi connectivity index (χ1v) is 13.0. The molecule has 1 saturated heterocycles. The van der Waals surface area contributed by atoms with Crippen LogP contribution in [0, 0.1) is 0 Å². The Kier molecular flexibility index (Phi) is 6.33. The lowest BCUT2D eigenvalue weighted by atomic mass is 10.1. The summed E-state index contributed by atoms with van der Waals surface area (Å²) in [5.74, 6) is 1.17. The summed E-state index contributed by atoms with van der Waals surface area (Å²) in [6.45, 7) is 0. The molecule has 8 nitrogen and oxygen atoms in total. The number of benzene rings is 1. The van der Waals surface area contributed by atoms with E-state index in [9.17, 15) is 13.2 Å². The summed E-state index contributed by atoms with van der Waals surface area (Å²) < 4.78 is 31.1. The molecule has 1 aromatic heterocycles. The lowest BCUT2D eigenvalue weighted by Gasteiger charge is -2.34. The maximum Gasteiger partial charge on any atom is 0.233 e. The van der Waals surface area contributed by atoms with Crippen LogP contribution >= 0.6 is 11.8 Å². The first-order valence-electron chi connectivity index (χ1n) is 10.2. The van der Waals surface area contributed by atoms with Crippen molar-refractivity contribution in [2.75, 3.05) is 24.4 Å². The first-order chi connectivity index (χ1) is 14.5. The van der Waals surface area contributed by atoms with Crippen molar-refractivity contribution in [3.8, 4) is 11.4 Å². The van der Waals surface area contributed by atoms with Crippen molar-refractivity contribution in [1.82, 2.24) is 19.7 Å². The fourth-order valence-corrected chi connectivity index (χ4v) is 6.85. The maximum absolute atomic E-state index is 13.2. The summed E-state index contributed by atoms with van der Waals surface area (Å²) in [7, 11) is -1.44. The molecule has 1 aromatic carbocycles. The van der Waals surface area contributed by atoms with Gasteiger partial charge in [0.05, 0.1) is 30.1 Å². The van der Waals surface area contributed by atoms with E-state index >= 15 is 0 Å². The van der Waals surface area contributed by atoms with Crippen molar-refractivity contribution in [3.63, 3.8) is 0 Å². The van der Waals surface area contributed by atoms with Gasteiger partial charge in [-0.25, -0.2) is 8.42 Å². The average Bonchev–Trinajstić information content (AvgIpc) is 3.48. The Morgan fingerprint density at radius 1 is 1.27 bits per heavy atom. The highest BCUT2D eigenvalue weighted by molar-refractivity contribution is 7.99. The number of hydrogen-bond acceptors (Lipinski definition) is 7. The van der Waals surface area contributed by atoms with Crippen LogP contribution in [0.3, 0.4) is 0 Å². The largest absolute Gasteiger partial charge is 0.497 e. The van der Waals surface area contributed by atoms with E-state index < -0.39 is 9.84 Å². The number of carbonyl (C=O) groups is 1. The molecule has 1 aliphatic heterocycles. The molecular weight excluding hydrogens is 424 g/mol. The molecule has 2 fully saturated rings. The molecule has 1 saturated carbocycles. The summed E-state index contributed by atoms with van der Waals surface area (Å²) in [4.78, 5) is 15.1. The Hall–Kier alpha value is -2.07. The fraction of sp³-hybridized carbons (Fsp3) is 0.550. The third kappa shape index (κ3) is 4.64. The molecule has 4 rings (SSSR count).